The van der Waals surface area contributed by atoms with Crippen LogP contribution in [0.4, 0.5) is 5.69 Å². The number of nitrogens with zero attached hydrogens (tertiary/aromatic N) is 2. The Kier molecular flexibility index (Phi) is 7.03. The van der Waals surface area contributed by atoms with Crippen molar-refractivity contribution >= 4 is 17.6 Å². The molecule has 2 aliphatic rings. The Morgan fingerprint density at radius 3 is 2.51 bits per heavy atom. The summed E-state index contributed by atoms with van der Waals surface area (Å²) in [6.07, 6.45) is 3.10. The highest BCUT2D eigenvalue weighted by molar-refractivity contribution is 5.98. The fourth-order valence-corrected chi connectivity index (χ4v) is 5.07. The Balaban J connectivity index is 1.81. The van der Waals surface area contributed by atoms with Crippen molar-refractivity contribution in [1.82, 2.24) is 4.57 Å². The van der Waals surface area contributed by atoms with Gasteiger partial charge in [-0.15, -0.1) is 0 Å². The second-order valence-corrected chi connectivity index (χ2v) is 10.3. The third-order valence-electron chi connectivity index (χ3n) is 6.92. The number of esters is 1. The SMILES string of the molecule is COC(=O)c1cc2c(cc1N1CCC(OCC(C)C)C1)CC(C(C)C)n1cc(C(=O)O)c(=O)cc1-2. The zero-order valence-corrected chi connectivity index (χ0v) is 21.0. The molecule has 3 heterocycles. The molecule has 0 spiro atoms. The van der Waals surface area contributed by atoms with Gasteiger partial charge in [-0.05, 0) is 42.4 Å². The second kappa shape index (κ2) is 9.85. The first-order valence-electron chi connectivity index (χ1n) is 12.2. The summed E-state index contributed by atoms with van der Waals surface area (Å²) in [6.45, 7) is 10.6. The van der Waals surface area contributed by atoms with E-state index in [9.17, 15) is 19.5 Å². The summed E-state index contributed by atoms with van der Waals surface area (Å²) in [7, 11) is 1.36. The maximum atomic E-state index is 12.8. The number of fused-ring (bicyclic) bond motifs is 3. The van der Waals surface area contributed by atoms with Gasteiger partial charge < -0.3 is 24.0 Å². The Hall–Kier alpha value is -3.13. The first-order valence-corrected chi connectivity index (χ1v) is 12.2. The molecule has 2 aliphatic heterocycles. The molecule has 188 valence electrons. The molecule has 0 saturated carbocycles. The van der Waals surface area contributed by atoms with Gasteiger partial charge in [-0.2, -0.15) is 0 Å². The van der Waals surface area contributed by atoms with E-state index in [1.54, 1.807) is 6.07 Å². The topological polar surface area (TPSA) is 98.1 Å². The molecule has 1 aromatic carbocycles. The average molecular weight is 483 g/mol. The van der Waals surface area contributed by atoms with Crippen molar-refractivity contribution in [2.75, 3.05) is 31.7 Å². The molecule has 1 fully saturated rings. The number of aromatic carboxylic acids is 1. The molecule has 2 atom stereocenters. The maximum Gasteiger partial charge on any atom is 0.341 e. The summed E-state index contributed by atoms with van der Waals surface area (Å²) in [5.74, 6) is -1.03. The number of rotatable bonds is 7. The van der Waals surface area contributed by atoms with Gasteiger partial charge in [-0.25, -0.2) is 9.59 Å². The monoisotopic (exact) mass is 482 g/mol. The van der Waals surface area contributed by atoms with E-state index in [2.05, 4.69) is 32.6 Å². The van der Waals surface area contributed by atoms with Crippen molar-refractivity contribution in [1.29, 1.82) is 0 Å². The Morgan fingerprint density at radius 1 is 1.14 bits per heavy atom. The lowest BCUT2D eigenvalue weighted by Gasteiger charge is -2.34. The molecule has 2 unspecified atom stereocenters. The molecular formula is C27H34N2O6. The third kappa shape index (κ3) is 4.85. The van der Waals surface area contributed by atoms with Gasteiger partial charge in [0, 0.05) is 43.6 Å². The van der Waals surface area contributed by atoms with Crippen LogP contribution in [0.25, 0.3) is 11.3 Å². The molecule has 4 rings (SSSR count). The van der Waals surface area contributed by atoms with Gasteiger partial charge in [0.1, 0.15) is 5.56 Å². The molecule has 0 radical (unpaired) electrons. The predicted octanol–water partition coefficient (Wildman–Crippen LogP) is 4.00. The van der Waals surface area contributed by atoms with E-state index in [0.29, 0.717) is 36.7 Å². The zero-order chi connectivity index (χ0) is 25.4. The van der Waals surface area contributed by atoms with Crippen LogP contribution in [0.1, 0.15) is 66.4 Å². The van der Waals surface area contributed by atoms with Crippen molar-refractivity contribution in [3.8, 4) is 11.3 Å². The summed E-state index contributed by atoms with van der Waals surface area (Å²) >= 11 is 0. The summed E-state index contributed by atoms with van der Waals surface area (Å²) in [5, 5.41) is 9.49. The molecule has 1 aromatic heterocycles. The minimum absolute atomic E-state index is 0.0197. The van der Waals surface area contributed by atoms with E-state index in [-0.39, 0.29) is 23.6 Å². The number of hydrogen-bond acceptors (Lipinski definition) is 6. The smallest absolute Gasteiger partial charge is 0.341 e. The Labute approximate surface area is 205 Å². The summed E-state index contributed by atoms with van der Waals surface area (Å²) in [4.78, 5) is 39.3. The number of carboxylic acid groups (broad SMARTS) is 1. The fourth-order valence-electron chi connectivity index (χ4n) is 5.07. The first kappa shape index (κ1) is 25.0. The van der Waals surface area contributed by atoms with Gasteiger partial charge in [-0.3, -0.25) is 4.79 Å². The highest BCUT2D eigenvalue weighted by atomic mass is 16.5. The summed E-state index contributed by atoms with van der Waals surface area (Å²) < 4.78 is 13.0. The predicted molar refractivity (Wildman–Crippen MR) is 133 cm³/mol. The Bertz CT molecular complexity index is 1200. The standard InChI is InChI=1S/C27H34N2O6/c1-15(2)14-35-18-6-7-28(12-18)23-9-17-8-22(16(3)4)29-13-21(26(31)32)25(30)11-24(29)19(17)10-20(23)27(33)34-5/h9-11,13,15-16,18,22H,6-8,12,14H2,1-5H3,(H,31,32). The molecule has 1 saturated heterocycles. The highest BCUT2D eigenvalue weighted by Crippen LogP contribution is 2.41. The normalized spacial score (nSPS) is 19.1. The van der Waals surface area contributed by atoms with E-state index in [0.717, 1.165) is 29.8 Å². The molecule has 1 N–H and O–H groups in total. The van der Waals surface area contributed by atoms with Gasteiger partial charge in [0.15, 0.2) is 5.43 Å². The molecular weight excluding hydrogens is 448 g/mol. The number of aromatic nitrogens is 1. The maximum absolute atomic E-state index is 12.8. The second-order valence-electron chi connectivity index (χ2n) is 10.3. The first-order chi connectivity index (χ1) is 16.6. The van der Waals surface area contributed by atoms with Crippen molar-refractivity contribution < 1.29 is 24.2 Å². The Morgan fingerprint density at radius 2 is 1.89 bits per heavy atom. The van der Waals surface area contributed by atoms with E-state index in [1.165, 1.54) is 19.4 Å². The van der Waals surface area contributed by atoms with E-state index >= 15 is 0 Å². The minimum atomic E-state index is -1.24. The molecule has 8 heteroatoms. The average Bonchev–Trinajstić information content (AvgIpc) is 3.29. The fraction of sp³-hybridized carbons (Fsp3) is 0.519. The molecule has 0 amide bonds. The minimum Gasteiger partial charge on any atom is -0.477 e. The quantitative estimate of drug-likeness (QED) is 0.596. The van der Waals surface area contributed by atoms with Crippen LogP contribution in [-0.2, 0) is 15.9 Å². The number of hydrogen-bond donors (Lipinski definition) is 1. The van der Waals surface area contributed by atoms with Gasteiger partial charge in [0.25, 0.3) is 0 Å². The largest absolute Gasteiger partial charge is 0.477 e. The molecule has 0 bridgehead atoms. The molecule has 0 aliphatic carbocycles. The van der Waals surface area contributed by atoms with Crippen LogP contribution in [0.5, 0.6) is 0 Å². The number of carbonyl (C=O) groups is 2. The number of carboxylic acids is 1. The van der Waals surface area contributed by atoms with Gasteiger partial charge in [-0.1, -0.05) is 27.7 Å². The highest BCUT2D eigenvalue weighted by Gasteiger charge is 2.32. The number of benzene rings is 1. The number of pyridine rings is 1. The van der Waals surface area contributed by atoms with Crippen molar-refractivity contribution in [3.05, 3.63) is 51.3 Å². The van der Waals surface area contributed by atoms with Crippen LogP contribution < -0.4 is 10.3 Å². The van der Waals surface area contributed by atoms with Crippen LogP contribution in [0, 0.1) is 11.8 Å². The van der Waals surface area contributed by atoms with E-state index < -0.39 is 17.4 Å². The van der Waals surface area contributed by atoms with Crippen LogP contribution in [-0.4, -0.2) is 54.5 Å². The van der Waals surface area contributed by atoms with Crippen LogP contribution in [0.15, 0.2) is 29.2 Å². The van der Waals surface area contributed by atoms with Gasteiger partial charge in [0.2, 0.25) is 0 Å². The van der Waals surface area contributed by atoms with Crippen LogP contribution in [0.2, 0.25) is 0 Å². The lowest BCUT2D eigenvalue weighted by atomic mass is 9.86. The van der Waals surface area contributed by atoms with E-state index in [1.807, 2.05) is 10.6 Å². The van der Waals surface area contributed by atoms with Crippen molar-refractivity contribution in [2.45, 2.75) is 52.7 Å². The number of anilines is 1. The summed E-state index contributed by atoms with van der Waals surface area (Å²) in [5.41, 5.74) is 2.85. The number of methoxy groups -OCH3 is 1. The summed E-state index contributed by atoms with van der Waals surface area (Å²) in [6, 6.07) is 5.19. The lowest BCUT2D eigenvalue weighted by Crippen LogP contribution is -2.29. The number of ether oxygens (including phenoxy) is 2. The third-order valence-corrected chi connectivity index (χ3v) is 6.92. The molecule has 35 heavy (non-hydrogen) atoms. The van der Waals surface area contributed by atoms with Crippen molar-refractivity contribution in [2.24, 2.45) is 11.8 Å². The van der Waals surface area contributed by atoms with Crippen molar-refractivity contribution in [3.63, 3.8) is 0 Å². The lowest BCUT2D eigenvalue weighted by molar-refractivity contribution is 0.0496. The van der Waals surface area contributed by atoms with Gasteiger partial charge >= 0.3 is 11.9 Å². The molecule has 2 aromatic rings. The van der Waals surface area contributed by atoms with E-state index in [4.69, 9.17) is 9.47 Å². The van der Waals surface area contributed by atoms with Crippen LogP contribution in [0.3, 0.4) is 0 Å². The zero-order valence-electron chi connectivity index (χ0n) is 21.0. The molecule has 8 nitrogen and oxygen atoms in total. The number of carbonyl (C=O) groups excluding carboxylic acids is 1. The van der Waals surface area contributed by atoms with Gasteiger partial charge in [0.05, 0.1) is 30.2 Å². The van der Waals surface area contributed by atoms with Crippen LogP contribution >= 0.6 is 0 Å².